The van der Waals surface area contributed by atoms with Crippen molar-refractivity contribution in [3.05, 3.63) is 57.7 Å². The van der Waals surface area contributed by atoms with Gasteiger partial charge in [0.15, 0.2) is 0 Å². The number of hydrogen-bond acceptors (Lipinski definition) is 4. The zero-order chi connectivity index (χ0) is 19.2. The van der Waals surface area contributed by atoms with Crippen LogP contribution in [0.2, 0.25) is 15.1 Å². The van der Waals surface area contributed by atoms with Crippen LogP contribution < -0.4 is 10.2 Å². The van der Waals surface area contributed by atoms with Gasteiger partial charge in [-0.1, -0.05) is 40.9 Å². The zero-order valence-corrected chi connectivity index (χ0v) is 17.2. The molecule has 1 saturated heterocycles. The second-order valence-electron chi connectivity index (χ2n) is 6.26. The number of aromatic nitrogens is 1. The molecule has 0 atom stereocenters. The third-order valence-corrected chi connectivity index (χ3v) is 7.47. The second kappa shape index (κ2) is 7.18. The van der Waals surface area contributed by atoms with Crippen LogP contribution >= 0.6 is 34.8 Å². The van der Waals surface area contributed by atoms with Crippen LogP contribution in [-0.4, -0.2) is 38.6 Å². The first-order valence-electron chi connectivity index (χ1n) is 8.35. The van der Waals surface area contributed by atoms with Gasteiger partial charge in [-0.15, -0.1) is 0 Å². The highest BCUT2D eigenvalue weighted by atomic mass is 35.5. The average molecular weight is 445 g/mol. The maximum Gasteiger partial charge on any atom is 0.269 e. The van der Waals surface area contributed by atoms with Crippen molar-refractivity contribution in [2.45, 2.75) is 4.90 Å². The maximum atomic E-state index is 13.3. The lowest BCUT2D eigenvalue weighted by Crippen LogP contribution is -2.43. The Morgan fingerprint density at radius 3 is 2.48 bits per heavy atom. The number of halogens is 3. The number of hydrogen-bond donors (Lipinski definition) is 1. The fourth-order valence-electron chi connectivity index (χ4n) is 3.34. The van der Waals surface area contributed by atoms with Gasteiger partial charge in [0.2, 0.25) is 0 Å². The molecule has 0 bridgehead atoms. The van der Waals surface area contributed by atoms with E-state index in [9.17, 15) is 8.42 Å². The smallest absolute Gasteiger partial charge is 0.269 e. The van der Waals surface area contributed by atoms with E-state index < -0.39 is 10.0 Å². The average Bonchev–Trinajstić information content (AvgIpc) is 3.10. The van der Waals surface area contributed by atoms with Gasteiger partial charge in [0.1, 0.15) is 4.90 Å². The molecule has 0 saturated carbocycles. The molecule has 142 valence electrons. The van der Waals surface area contributed by atoms with E-state index in [0.29, 0.717) is 5.52 Å². The number of piperazine rings is 1. The van der Waals surface area contributed by atoms with Gasteiger partial charge in [-0.05, 0) is 30.3 Å². The van der Waals surface area contributed by atoms with E-state index >= 15 is 0 Å². The van der Waals surface area contributed by atoms with Gasteiger partial charge >= 0.3 is 0 Å². The monoisotopic (exact) mass is 443 g/mol. The van der Waals surface area contributed by atoms with Crippen molar-refractivity contribution in [1.82, 2.24) is 9.29 Å². The summed E-state index contributed by atoms with van der Waals surface area (Å²) in [6.45, 7) is 3.53. The second-order valence-corrected chi connectivity index (χ2v) is 9.27. The van der Waals surface area contributed by atoms with E-state index in [2.05, 4.69) is 10.2 Å². The summed E-state index contributed by atoms with van der Waals surface area (Å²) in [5, 5.41) is 4.45. The van der Waals surface area contributed by atoms with E-state index in [1.807, 2.05) is 18.2 Å². The summed E-state index contributed by atoms with van der Waals surface area (Å²) in [7, 11) is -3.96. The fraction of sp³-hybridized carbons (Fsp3) is 0.222. The zero-order valence-electron chi connectivity index (χ0n) is 14.1. The lowest BCUT2D eigenvalue weighted by Gasteiger charge is -2.30. The summed E-state index contributed by atoms with van der Waals surface area (Å²) in [6.07, 6.45) is 1.54. The van der Waals surface area contributed by atoms with Crippen LogP contribution in [0.1, 0.15) is 0 Å². The highest BCUT2D eigenvalue weighted by Gasteiger charge is 2.25. The molecule has 3 aromatic rings. The first kappa shape index (κ1) is 18.9. The quantitative estimate of drug-likeness (QED) is 0.614. The first-order valence-corrected chi connectivity index (χ1v) is 10.9. The van der Waals surface area contributed by atoms with Gasteiger partial charge in [-0.25, -0.2) is 12.4 Å². The lowest BCUT2D eigenvalue weighted by atomic mass is 10.2. The van der Waals surface area contributed by atoms with Crippen LogP contribution in [0.15, 0.2) is 47.5 Å². The van der Waals surface area contributed by atoms with Crippen molar-refractivity contribution in [1.29, 1.82) is 0 Å². The van der Waals surface area contributed by atoms with Crippen molar-refractivity contribution in [2.75, 3.05) is 31.1 Å². The van der Waals surface area contributed by atoms with Gasteiger partial charge in [0.25, 0.3) is 10.0 Å². The molecule has 1 aromatic heterocycles. The molecule has 2 aromatic carbocycles. The van der Waals surface area contributed by atoms with Crippen molar-refractivity contribution >= 4 is 61.4 Å². The molecule has 1 N–H and O–H groups in total. The Morgan fingerprint density at radius 1 is 1.00 bits per heavy atom. The summed E-state index contributed by atoms with van der Waals surface area (Å²) in [5.41, 5.74) is 1.59. The Kier molecular flexibility index (Phi) is 5.03. The molecule has 4 rings (SSSR count). The minimum absolute atomic E-state index is 0.0406. The predicted molar refractivity (Wildman–Crippen MR) is 111 cm³/mol. The Balaban J connectivity index is 1.88. The minimum atomic E-state index is -3.96. The molecule has 1 aliphatic heterocycles. The van der Waals surface area contributed by atoms with Crippen molar-refractivity contribution < 1.29 is 8.42 Å². The van der Waals surface area contributed by atoms with Crippen LogP contribution in [0.5, 0.6) is 0 Å². The topological polar surface area (TPSA) is 54.3 Å². The SMILES string of the molecule is O=S(=O)(c1cc(Cl)cc(Cl)c1Cl)n1ccc2c(N3CCNCC3)cccc21. The number of fused-ring (bicyclic) bond motifs is 1. The molecule has 0 aliphatic carbocycles. The van der Waals surface area contributed by atoms with Gasteiger partial charge in [-0.3, -0.25) is 0 Å². The lowest BCUT2D eigenvalue weighted by molar-refractivity contribution is 0.588. The van der Waals surface area contributed by atoms with Gasteiger partial charge in [0.05, 0.1) is 15.6 Å². The number of rotatable bonds is 3. The molecule has 0 radical (unpaired) electrons. The van der Waals surface area contributed by atoms with E-state index in [1.54, 1.807) is 6.07 Å². The summed E-state index contributed by atoms with van der Waals surface area (Å²) < 4.78 is 27.7. The van der Waals surface area contributed by atoms with Crippen molar-refractivity contribution in [3.63, 3.8) is 0 Å². The summed E-state index contributed by atoms with van der Waals surface area (Å²) >= 11 is 18.2. The van der Waals surface area contributed by atoms with Gasteiger partial charge in [0, 0.05) is 48.5 Å². The molecule has 27 heavy (non-hydrogen) atoms. The van der Waals surface area contributed by atoms with Gasteiger partial charge in [-0.2, -0.15) is 0 Å². The molecule has 9 heteroatoms. The fourth-order valence-corrected chi connectivity index (χ4v) is 5.82. The molecule has 1 fully saturated rings. The third-order valence-electron chi connectivity index (χ3n) is 4.63. The highest BCUT2D eigenvalue weighted by Crippen LogP contribution is 2.36. The number of anilines is 1. The molecule has 2 heterocycles. The largest absolute Gasteiger partial charge is 0.368 e. The molecule has 0 unspecified atom stereocenters. The normalized spacial score (nSPS) is 15.4. The minimum Gasteiger partial charge on any atom is -0.368 e. The Hall–Kier alpha value is -1.44. The highest BCUT2D eigenvalue weighted by molar-refractivity contribution is 7.90. The van der Waals surface area contributed by atoms with E-state index in [1.165, 1.54) is 22.3 Å². The number of nitrogens with zero attached hydrogens (tertiary/aromatic N) is 2. The standard InChI is InChI=1S/C18H16Cl3N3O2S/c19-12-10-14(20)18(21)17(11-12)27(25,26)24-7-4-13-15(2-1-3-16(13)24)23-8-5-22-6-9-23/h1-4,7,10-11,22H,5-6,8-9H2. The molecular formula is C18H16Cl3N3O2S. The molecule has 1 aliphatic rings. The number of nitrogens with one attached hydrogen (secondary N) is 1. The Morgan fingerprint density at radius 2 is 1.74 bits per heavy atom. The van der Waals surface area contributed by atoms with Crippen molar-refractivity contribution in [2.24, 2.45) is 0 Å². The maximum absolute atomic E-state index is 13.3. The Labute approximate surface area is 172 Å². The van der Waals surface area contributed by atoms with Crippen LogP contribution in [0.3, 0.4) is 0 Å². The predicted octanol–water partition coefficient (Wildman–Crippen LogP) is 4.25. The van der Waals surface area contributed by atoms with E-state index in [0.717, 1.165) is 37.3 Å². The van der Waals surface area contributed by atoms with E-state index in [4.69, 9.17) is 34.8 Å². The summed E-state index contributed by atoms with van der Waals surface area (Å²) in [6, 6.07) is 10.2. The third kappa shape index (κ3) is 3.30. The van der Waals surface area contributed by atoms with Crippen LogP contribution in [0.4, 0.5) is 5.69 Å². The van der Waals surface area contributed by atoms with Crippen molar-refractivity contribution in [3.8, 4) is 0 Å². The molecule has 0 amide bonds. The molecular weight excluding hydrogens is 429 g/mol. The van der Waals surface area contributed by atoms with Crippen LogP contribution in [0, 0.1) is 0 Å². The molecule has 0 spiro atoms. The Bertz CT molecular complexity index is 1120. The summed E-state index contributed by atoms with van der Waals surface area (Å²) in [5.74, 6) is 0. The van der Waals surface area contributed by atoms with E-state index in [-0.39, 0.29) is 20.0 Å². The number of benzene rings is 2. The molecule has 5 nitrogen and oxygen atoms in total. The van der Waals surface area contributed by atoms with Gasteiger partial charge < -0.3 is 10.2 Å². The van der Waals surface area contributed by atoms with Crippen LogP contribution in [-0.2, 0) is 10.0 Å². The summed E-state index contributed by atoms with van der Waals surface area (Å²) in [4.78, 5) is 2.13. The van der Waals surface area contributed by atoms with Crippen LogP contribution in [0.25, 0.3) is 10.9 Å². The first-order chi connectivity index (χ1) is 12.9.